The van der Waals surface area contributed by atoms with E-state index in [-0.39, 0.29) is 31.1 Å². The van der Waals surface area contributed by atoms with Gasteiger partial charge in [0.05, 0.1) is 0 Å². The second-order valence-electron chi connectivity index (χ2n) is 17.1. The molecule has 0 aromatic rings. The van der Waals surface area contributed by atoms with Crippen molar-refractivity contribution in [1.29, 1.82) is 0 Å². The molecule has 6 nitrogen and oxygen atoms in total. The van der Waals surface area contributed by atoms with E-state index in [4.69, 9.17) is 14.2 Å². The zero-order valence-corrected chi connectivity index (χ0v) is 39.7. The molecular weight excluding hydrogens is 745 g/mol. The quantitative estimate of drug-likeness (QED) is 0.0263. The van der Waals surface area contributed by atoms with E-state index >= 15 is 0 Å². The fourth-order valence-electron chi connectivity index (χ4n) is 7.15. The van der Waals surface area contributed by atoms with Gasteiger partial charge >= 0.3 is 17.9 Å². The van der Waals surface area contributed by atoms with E-state index in [9.17, 15) is 14.4 Å². The highest BCUT2D eigenvalue weighted by molar-refractivity contribution is 5.71. The van der Waals surface area contributed by atoms with Crippen LogP contribution in [0.2, 0.25) is 0 Å². The van der Waals surface area contributed by atoms with Crippen molar-refractivity contribution in [2.75, 3.05) is 13.2 Å². The smallest absolute Gasteiger partial charge is 0.306 e. The predicted molar refractivity (Wildman–Crippen MR) is 256 cm³/mol. The molecule has 0 spiro atoms. The monoisotopic (exact) mass is 841 g/mol. The Kier molecular flexibility index (Phi) is 46.9. The van der Waals surface area contributed by atoms with E-state index in [0.717, 1.165) is 96.3 Å². The van der Waals surface area contributed by atoms with Gasteiger partial charge < -0.3 is 14.2 Å². The van der Waals surface area contributed by atoms with Gasteiger partial charge in [-0.15, -0.1) is 0 Å². The van der Waals surface area contributed by atoms with Crippen molar-refractivity contribution < 1.29 is 28.6 Å². The summed E-state index contributed by atoms with van der Waals surface area (Å²) in [5, 5.41) is 0. The molecule has 1 atom stereocenters. The van der Waals surface area contributed by atoms with Gasteiger partial charge in [-0.05, 0) is 83.5 Å². The zero-order chi connectivity index (χ0) is 43.7. The summed E-state index contributed by atoms with van der Waals surface area (Å²) in [6, 6.07) is 0. The first kappa shape index (κ1) is 57.4. The van der Waals surface area contributed by atoms with Gasteiger partial charge in [0, 0.05) is 19.3 Å². The Morgan fingerprint density at radius 1 is 0.333 bits per heavy atom. The topological polar surface area (TPSA) is 78.9 Å². The molecule has 0 aliphatic carbocycles. The third-order valence-corrected chi connectivity index (χ3v) is 11.1. The van der Waals surface area contributed by atoms with Gasteiger partial charge in [0.25, 0.3) is 0 Å². The third kappa shape index (κ3) is 46.4. The van der Waals surface area contributed by atoms with Crippen LogP contribution in [0.5, 0.6) is 0 Å². The number of ether oxygens (including phenoxy) is 3. The van der Waals surface area contributed by atoms with Crippen LogP contribution in [0.1, 0.15) is 258 Å². The van der Waals surface area contributed by atoms with Crippen molar-refractivity contribution in [2.24, 2.45) is 0 Å². The van der Waals surface area contributed by atoms with Crippen LogP contribution in [0.4, 0.5) is 0 Å². The van der Waals surface area contributed by atoms with Crippen LogP contribution in [0.15, 0.2) is 48.6 Å². The first-order valence-electron chi connectivity index (χ1n) is 25.6. The van der Waals surface area contributed by atoms with Crippen LogP contribution in [-0.2, 0) is 28.6 Å². The van der Waals surface area contributed by atoms with Gasteiger partial charge in [0.1, 0.15) is 13.2 Å². The van der Waals surface area contributed by atoms with E-state index in [1.807, 2.05) is 0 Å². The SMILES string of the molecule is CCCCCC/C=C\C/C=C\CCCCCCCCCC(=O)OCC(COC(=O)CCCCCCCCCC)OC(=O)CCCCCCC/C=C\C/C=C\CCCCCC. The number of esters is 3. The summed E-state index contributed by atoms with van der Waals surface area (Å²) in [6.07, 6.45) is 58.1. The van der Waals surface area contributed by atoms with E-state index in [2.05, 4.69) is 69.4 Å². The molecule has 0 amide bonds. The summed E-state index contributed by atoms with van der Waals surface area (Å²) in [5.74, 6) is -0.901. The number of hydrogen-bond acceptors (Lipinski definition) is 6. The molecule has 0 bridgehead atoms. The summed E-state index contributed by atoms with van der Waals surface area (Å²) < 4.78 is 16.7. The molecule has 0 aromatic heterocycles. The number of rotatable bonds is 46. The first-order chi connectivity index (χ1) is 29.5. The fourth-order valence-corrected chi connectivity index (χ4v) is 7.15. The number of carbonyl (C=O) groups excluding carboxylic acids is 3. The highest BCUT2D eigenvalue weighted by atomic mass is 16.6. The minimum atomic E-state index is -0.779. The molecule has 0 radical (unpaired) electrons. The number of hydrogen-bond donors (Lipinski definition) is 0. The zero-order valence-electron chi connectivity index (χ0n) is 39.7. The standard InChI is InChI=1S/C54H96O6/c1-4-7-10-13-16-19-21-23-25-27-28-30-31-33-35-38-41-44-47-53(56)59-50-51(49-58-52(55)46-43-40-37-18-15-12-9-6-3)60-54(57)48-45-42-39-36-34-32-29-26-24-22-20-17-14-11-8-5-2/h19-22,25-27,29,51H,4-18,23-24,28,30-50H2,1-3H3/b21-19-,22-20-,27-25-,29-26-. The second-order valence-corrected chi connectivity index (χ2v) is 17.1. The van der Waals surface area contributed by atoms with Gasteiger partial charge in [-0.1, -0.05) is 204 Å². The molecule has 6 heteroatoms. The van der Waals surface area contributed by atoms with Gasteiger partial charge in [-0.2, -0.15) is 0 Å². The number of allylic oxidation sites excluding steroid dienone is 8. The maximum absolute atomic E-state index is 12.8. The Morgan fingerprint density at radius 2 is 0.600 bits per heavy atom. The molecule has 0 aliphatic heterocycles. The minimum Gasteiger partial charge on any atom is -0.462 e. The Hall–Kier alpha value is -2.63. The van der Waals surface area contributed by atoms with Crippen LogP contribution < -0.4 is 0 Å². The highest BCUT2D eigenvalue weighted by Crippen LogP contribution is 2.14. The maximum atomic E-state index is 12.8. The average Bonchev–Trinajstić information content (AvgIpc) is 3.24. The largest absolute Gasteiger partial charge is 0.462 e. The van der Waals surface area contributed by atoms with Gasteiger partial charge in [0.15, 0.2) is 6.10 Å². The van der Waals surface area contributed by atoms with Crippen molar-refractivity contribution in [3.05, 3.63) is 48.6 Å². The summed E-state index contributed by atoms with van der Waals surface area (Å²) >= 11 is 0. The number of carbonyl (C=O) groups is 3. The molecule has 0 saturated heterocycles. The second kappa shape index (κ2) is 49.0. The molecule has 0 fully saturated rings. The molecule has 0 N–H and O–H groups in total. The van der Waals surface area contributed by atoms with E-state index in [0.29, 0.717) is 19.3 Å². The lowest BCUT2D eigenvalue weighted by Crippen LogP contribution is -2.30. The van der Waals surface area contributed by atoms with Gasteiger partial charge in [-0.25, -0.2) is 0 Å². The summed E-state index contributed by atoms with van der Waals surface area (Å²) in [6.45, 7) is 6.56. The molecular formula is C54H96O6. The molecule has 348 valence electrons. The van der Waals surface area contributed by atoms with Crippen LogP contribution in [0.3, 0.4) is 0 Å². The molecule has 60 heavy (non-hydrogen) atoms. The Bertz CT molecular complexity index is 1060. The molecule has 0 aromatic carbocycles. The van der Waals surface area contributed by atoms with Crippen molar-refractivity contribution in [3.8, 4) is 0 Å². The first-order valence-corrected chi connectivity index (χ1v) is 25.6. The third-order valence-electron chi connectivity index (χ3n) is 11.1. The van der Waals surface area contributed by atoms with Gasteiger partial charge in [-0.3, -0.25) is 14.4 Å². The molecule has 0 saturated carbocycles. The van der Waals surface area contributed by atoms with Crippen molar-refractivity contribution in [2.45, 2.75) is 264 Å². The molecule has 0 heterocycles. The summed E-state index contributed by atoms with van der Waals surface area (Å²) in [7, 11) is 0. The van der Waals surface area contributed by atoms with Crippen molar-refractivity contribution in [1.82, 2.24) is 0 Å². The van der Waals surface area contributed by atoms with Crippen LogP contribution in [-0.4, -0.2) is 37.2 Å². The number of unbranched alkanes of at least 4 members (excludes halogenated alkanes) is 27. The van der Waals surface area contributed by atoms with E-state index in [1.165, 1.54) is 122 Å². The van der Waals surface area contributed by atoms with E-state index in [1.54, 1.807) is 0 Å². The normalized spacial score (nSPS) is 12.4. The predicted octanol–water partition coefficient (Wildman–Crippen LogP) is 16.7. The Balaban J connectivity index is 4.32. The molecule has 0 aliphatic rings. The average molecular weight is 841 g/mol. The lowest BCUT2D eigenvalue weighted by molar-refractivity contribution is -0.167. The fraction of sp³-hybridized carbons (Fsp3) is 0.796. The maximum Gasteiger partial charge on any atom is 0.306 e. The van der Waals surface area contributed by atoms with Crippen LogP contribution >= 0.6 is 0 Å². The Morgan fingerprint density at radius 3 is 0.933 bits per heavy atom. The van der Waals surface area contributed by atoms with Crippen LogP contribution in [0, 0.1) is 0 Å². The minimum absolute atomic E-state index is 0.0802. The van der Waals surface area contributed by atoms with Crippen molar-refractivity contribution in [3.63, 3.8) is 0 Å². The summed E-state index contributed by atoms with van der Waals surface area (Å²) in [5.41, 5.74) is 0. The lowest BCUT2D eigenvalue weighted by Gasteiger charge is -2.18. The van der Waals surface area contributed by atoms with Crippen molar-refractivity contribution >= 4 is 17.9 Å². The Labute approximate surface area is 371 Å². The van der Waals surface area contributed by atoms with Gasteiger partial charge in [0.2, 0.25) is 0 Å². The van der Waals surface area contributed by atoms with Crippen LogP contribution in [0.25, 0.3) is 0 Å². The molecule has 1 unspecified atom stereocenters. The summed E-state index contributed by atoms with van der Waals surface area (Å²) in [4.78, 5) is 37.8. The highest BCUT2D eigenvalue weighted by Gasteiger charge is 2.19. The van der Waals surface area contributed by atoms with E-state index < -0.39 is 6.10 Å². The lowest BCUT2D eigenvalue weighted by atomic mass is 10.1. The molecule has 0 rings (SSSR count).